The van der Waals surface area contributed by atoms with E-state index in [1.165, 1.54) is 6.20 Å². The summed E-state index contributed by atoms with van der Waals surface area (Å²) in [4.78, 5) is 25.3. The molecule has 1 amide bonds. The van der Waals surface area contributed by atoms with Gasteiger partial charge in [-0.15, -0.1) is 0 Å². The minimum atomic E-state index is -4.70. The first kappa shape index (κ1) is 28.3. The summed E-state index contributed by atoms with van der Waals surface area (Å²) in [6.45, 7) is 3.56. The van der Waals surface area contributed by atoms with Crippen LogP contribution in [-0.2, 0) is 18.1 Å². The Morgan fingerprint density at radius 1 is 1.12 bits per heavy atom. The fraction of sp³-hybridized carbons (Fsp3) is 0.433. The van der Waals surface area contributed by atoms with E-state index < -0.39 is 28.9 Å². The van der Waals surface area contributed by atoms with Crippen LogP contribution in [0, 0.1) is 11.7 Å². The number of carbonyl (C=O) groups excluding carboxylic acids is 1. The van der Waals surface area contributed by atoms with E-state index in [4.69, 9.17) is 16.6 Å². The number of rotatable bonds is 6. The molecule has 2 aromatic carbocycles. The van der Waals surface area contributed by atoms with Crippen molar-refractivity contribution in [2.24, 2.45) is 5.92 Å². The van der Waals surface area contributed by atoms with E-state index in [1.54, 1.807) is 0 Å². The first-order valence-electron chi connectivity index (χ1n) is 13.6. The molecule has 40 heavy (non-hydrogen) atoms. The lowest BCUT2D eigenvalue weighted by atomic mass is 9.74. The zero-order chi connectivity index (χ0) is 28.5. The second-order valence-electron chi connectivity index (χ2n) is 11.0. The van der Waals surface area contributed by atoms with Gasteiger partial charge in [-0.25, -0.2) is 14.4 Å². The topological polar surface area (TPSA) is 58.1 Å². The summed E-state index contributed by atoms with van der Waals surface area (Å²) in [6, 6.07) is 9.85. The molecule has 1 aliphatic heterocycles. The zero-order valence-corrected chi connectivity index (χ0v) is 23.0. The fourth-order valence-corrected chi connectivity index (χ4v) is 6.16. The van der Waals surface area contributed by atoms with E-state index in [0.717, 1.165) is 69.3 Å². The van der Waals surface area contributed by atoms with Gasteiger partial charge in [0.05, 0.1) is 16.8 Å². The third-order valence-corrected chi connectivity index (χ3v) is 8.26. The SMILES string of the molecule is CC1CCCN(c2ncc(C(=O)NCc3cc(F)cc(C(F)(F)F)c3)c(C3(c4ccc(Cl)cc4)CCCC3)n2)C1. The van der Waals surface area contributed by atoms with E-state index in [1.807, 2.05) is 24.3 Å². The molecule has 0 radical (unpaired) electrons. The van der Waals surface area contributed by atoms with Crippen molar-refractivity contribution in [3.63, 3.8) is 0 Å². The van der Waals surface area contributed by atoms with Gasteiger partial charge in [0.1, 0.15) is 5.82 Å². The molecular weight excluding hydrogens is 544 g/mol. The molecule has 1 aliphatic carbocycles. The number of alkyl halides is 3. The van der Waals surface area contributed by atoms with Crippen LogP contribution in [0.1, 0.15) is 78.2 Å². The Kier molecular flexibility index (Phi) is 8.04. The summed E-state index contributed by atoms with van der Waals surface area (Å²) in [7, 11) is 0. The summed E-state index contributed by atoms with van der Waals surface area (Å²) >= 11 is 6.19. The molecule has 1 aromatic heterocycles. The smallest absolute Gasteiger partial charge is 0.348 e. The Hall–Kier alpha value is -3.20. The van der Waals surface area contributed by atoms with Crippen LogP contribution in [0.4, 0.5) is 23.5 Å². The largest absolute Gasteiger partial charge is 0.416 e. The van der Waals surface area contributed by atoms with E-state index in [-0.39, 0.29) is 17.7 Å². The lowest BCUT2D eigenvalue weighted by molar-refractivity contribution is -0.137. The second kappa shape index (κ2) is 11.4. The monoisotopic (exact) mass is 574 g/mol. The molecule has 10 heteroatoms. The molecule has 2 heterocycles. The summed E-state index contributed by atoms with van der Waals surface area (Å²) < 4.78 is 53.5. The van der Waals surface area contributed by atoms with Crippen LogP contribution in [0.2, 0.25) is 5.02 Å². The Labute approximate surface area is 236 Å². The Bertz CT molecular complexity index is 1370. The van der Waals surface area contributed by atoms with E-state index in [0.29, 0.717) is 28.6 Å². The van der Waals surface area contributed by atoms with Gasteiger partial charge in [0.15, 0.2) is 0 Å². The van der Waals surface area contributed by atoms with Gasteiger partial charge in [-0.2, -0.15) is 13.2 Å². The van der Waals surface area contributed by atoms with Gasteiger partial charge in [-0.1, -0.05) is 43.5 Å². The predicted molar refractivity (Wildman–Crippen MR) is 146 cm³/mol. The summed E-state index contributed by atoms with van der Waals surface area (Å²) in [6.07, 6.45) is 2.44. The zero-order valence-electron chi connectivity index (χ0n) is 22.2. The molecule has 0 spiro atoms. The molecule has 0 bridgehead atoms. The third-order valence-electron chi connectivity index (χ3n) is 8.01. The maximum atomic E-state index is 13.9. The number of nitrogens with zero attached hydrogens (tertiary/aromatic N) is 3. The first-order valence-corrected chi connectivity index (χ1v) is 14.0. The molecule has 1 saturated carbocycles. The quantitative estimate of drug-likeness (QED) is 0.314. The maximum absolute atomic E-state index is 13.9. The second-order valence-corrected chi connectivity index (χ2v) is 11.4. The number of amides is 1. The van der Waals surface area contributed by atoms with Gasteiger partial charge in [0, 0.05) is 36.3 Å². The van der Waals surface area contributed by atoms with Crippen molar-refractivity contribution in [2.75, 3.05) is 18.0 Å². The number of piperidine rings is 1. The summed E-state index contributed by atoms with van der Waals surface area (Å²) in [5.74, 6) is -0.478. The molecule has 3 aromatic rings. The van der Waals surface area contributed by atoms with E-state index in [9.17, 15) is 22.4 Å². The van der Waals surface area contributed by atoms with Crippen molar-refractivity contribution >= 4 is 23.5 Å². The summed E-state index contributed by atoms with van der Waals surface area (Å²) in [5.41, 5.74) is 0.226. The molecular formula is C30H31ClF4N4O. The van der Waals surface area contributed by atoms with Crippen molar-refractivity contribution in [3.8, 4) is 0 Å². The fourth-order valence-electron chi connectivity index (χ4n) is 6.03. The number of carbonyl (C=O) groups is 1. The van der Waals surface area contributed by atoms with Crippen LogP contribution in [0.25, 0.3) is 0 Å². The van der Waals surface area contributed by atoms with Gasteiger partial charge in [-0.3, -0.25) is 4.79 Å². The summed E-state index contributed by atoms with van der Waals surface area (Å²) in [5, 5.41) is 3.29. The lowest BCUT2D eigenvalue weighted by Gasteiger charge is -2.34. The number of nitrogens with one attached hydrogen (secondary N) is 1. The highest BCUT2D eigenvalue weighted by molar-refractivity contribution is 6.30. The molecule has 1 saturated heterocycles. The normalized spacial score (nSPS) is 19.1. The molecule has 1 N–H and O–H groups in total. The molecule has 5 nitrogen and oxygen atoms in total. The highest BCUT2D eigenvalue weighted by Crippen LogP contribution is 2.47. The van der Waals surface area contributed by atoms with Gasteiger partial charge < -0.3 is 10.2 Å². The Morgan fingerprint density at radius 3 is 2.52 bits per heavy atom. The molecule has 212 valence electrons. The van der Waals surface area contributed by atoms with E-state index in [2.05, 4.69) is 22.1 Å². The lowest BCUT2D eigenvalue weighted by Crippen LogP contribution is -2.37. The van der Waals surface area contributed by atoms with Gasteiger partial charge in [-0.05, 0) is 73.1 Å². The third kappa shape index (κ3) is 5.94. The highest BCUT2D eigenvalue weighted by atomic mass is 35.5. The standard InChI is InChI=1S/C30H31ClF4N4O/c1-19-5-4-12-39(18-19)28-37-17-25(27(40)36-16-20-13-22(30(33,34)35)15-24(32)14-20)26(38-28)29(10-2-3-11-29)21-6-8-23(31)9-7-21/h6-9,13-15,17,19H,2-5,10-12,16,18H2,1H3,(H,36,40). The molecule has 2 aliphatic rings. The minimum absolute atomic E-state index is 0.00958. The van der Waals surface area contributed by atoms with Gasteiger partial charge in [0.25, 0.3) is 5.91 Å². The number of hydrogen-bond acceptors (Lipinski definition) is 4. The van der Waals surface area contributed by atoms with Crippen LogP contribution < -0.4 is 10.2 Å². The number of benzene rings is 2. The number of halogens is 5. The van der Waals surface area contributed by atoms with Gasteiger partial charge >= 0.3 is 6.18 Å². The van der Waals surface area contributed by atoms with Crippen LogP contribution >= 0.6 is 11.6 Å². The van der Waals surface area contributed by atoms with Crippen molar-refractivity contribution in [1.29, 1.82) is 0 Å². The van der Waals surface area contributed by atoms with Gasteiger partial charge in [0.2, 0.25) is 5.95 Å². The van der Waals surface area contributed by atoms with Crippen LogP contribution in [-0.4, -0.2) is 29.0 Å². The molecule has 5 rings (SSSR count). The molecule has 2 fully saturated rings. The number of anilines is 1. The first-order chi connectivity index (χ1) is 19.0. The maximum Gasteiger partial charge on any atom is 0.416 e. The van der Waals surface area contributed by atoms with Crippen molar-refractivity contribution < 1.29 is 22.4 Å². The average molecular weight is 575 g/mol. The van der Waals surface area contributed by atoms with Crippen molar-refractivity contribution in [1.82, 2.24) is 15.3 Å². The van der Waals surface area contributed by atoms with Crippen molar-refractivity contribution in [2.45, 2.75) is 63.6 Å². The van der Waals surface area contributed by atoms with E-state index >= 15 is 0 Å². The van der Waals surface area contributed by atoms with Crippen LogP contribution in [0.15, 0.2) is 48.7 Å². The minimum Gasteiger partial charge on any atom is -0.348 e. The van der Waals surface area contributed by atoms with Crippen LogP contribution in [0.5, 0.6) is 0 Å². The highest BCUT2D eigenvalue weighted by Gasteiger charge is 2.42. The number of aromatic nitrogens is 2. The van der Waals surface area contributed by atoms with Crippen molar-refractivity contribution in [3.05, 3.63) is 87.4 Å². The average Bonchev–Trinajstić information content (AvgIpc) is 3.42. The predicted octanol–water partition coefficient (Wildman–Crippen LogP) is 7.31. The van der Waals surface area contributed by atoms with Crippen LogP contribution in [0.3, 0.4) is 0 Å². The number of hydrogen-bond donors (Lipinski definition) is 1. The molecule has 1 atom stereocenters. The Balaban J connectivity index is 1.52. The molecule has 1 unspecified atom stereocenters. The Morgan fingerprint density at radius 2 is 1.85 bits per heavy atom.